The molecule has 2 unspecified atom stereocenters. The topological polar surface area (TPSA) is 94.7 Å². The number of fused-ring (bicyclic) bond motifs is 1. The van der Waals surface area contributed by atoms with E-state index in [1.807, 2.05) is 6.92 Å². The highest BCUT2D eigenvalue weighted by Gasteiger charge is 2.57. The highest BCUT2D eigenvalue weighted by molar-refractivity contribution is 7.18. The van der Waals surface area contributed by atoms with Crippen LogP contribution in [0.25, 0.3) is 10.2 Å². The van der Waals surface area contributed by atoms with E-state index in [0.29, 0.717) is 20.7 Å². The van der Waals surface area contributed by atoms with Gasteiger partial charge in [-0.05, 0) is 24.8 Å². The van der Waals surface area contributed by atoms with E-state index >= 15 is 0 Å². The Morgan fingerprint density at radius 2 is 2.03 bits per heavy atom. The number of rotatable bonds is 5. The molecule has 8 nitrogen and oxygen atoms in total. The number of nitrogens with one attached hydrogen (secondary N) is 1. The van der Waals surface area contributed by atoms with Gasteiger partial charge in [0, 0.05) is 29.8 Å². The van der Waals surface area contributed by atoms with Crippen LogP contribution in [0.1, 0.15) is 36.2 Å². The molecular weight excluding hydrogens is 404 g/mol. The van der Waals surface area contributed by atoms with Gasteiger partial charge in [0.05, 0.1) is 11.9 Å². The van der Waals surface area contributed by atoms with E-state index in [-0.39, 0.29) is 42.7 Å². The second-order valence-corrected chi connectivity index (χ2v) is 9.18. The summed E-state index contributed by atoms with van der Waals surface area (Å²) in [5, 5.41) is 4.30. The highest BCUT2D eigenvalue weighted by atomic mass is 32.1. The van der Waals surface area contributed by atoms with Crippen molar-refractivity contribution in [3.8, 4) is 0 Å². The molecule has 2 aliphatic carbocycles. The van der Waals surface area contributed by atoms with Crippen LogP contribution in [-0.2, 0) is 13.1 Å². The fourth-order valence-corrected chi connectivity index (χ4v) is 5.17. The van der Waals surface area contributed by atoms with Crippen LogP contribution < -0.4 is 16.9 Å². The first-order valence-electron chi connectivity index (χ1n) is 9.44. The fourth-order valence-electron chi connectivity index (χ4n) is 3.89. The number of alkyl halides is 2. The zero-order valence-corrected chi connectivity index (χ0v) is 16.6. The van der Waals surface area contributed by atoms with Crippen molar-refractivity contribution in [2.75, 3.05) is 0 Å². The molecule has 0 amide bonds. The Labute approximate surface area is 166 Å². The molecule has 11 heteroatoms. The Bertz CT molecular complexity index is 1310. The zero-order chi connectivity index (χ0) is 20.7. The lowest BCUT2D eigenvalue weighted by atomic mass is 10.2. The van der Waals surface area contributed by atoms with Gasteiger partial charge in [-0.15, -0.1) is 11.3 Å². The van der Waals surface area contributed by atoms with Gasteiger partial charge in [-0.2, -0.15) is 5.10 Å². The molecule has 29 heavy (non-hydrogen) atoms. The summed E-state index contributed by atoms with van der Waals surface area (Å²) in [5.41, 5.74) is -0.638. The van der Waals surface area contributed by atoms with Crippen molar-refractivity contribution >= 4 is 21.6 Å². The normalized spacial score (nSPS) is 24.9. The number of H-pyrrole nitrogens is 1. The average Bonchev–Trinajstić information content (AvgIpc) is 3.38. The summed E-state index contributed by atoms with van der Waals surface area (Å²) in [6.07, 6.45) is 1.75. The Morgan fingerprint density at radius 3 is 2.59 bits per heavy atom. The summed E-state index contributed by atoms with van der Waals surface area (Å²) in [7, 11) is 0. The summed E-state index contributed by atoms with van der Waals surface area (Å²) in [6, 6.07) is -0.193. The summed E-state index contributed by atoms with van der Waals surface area (Å²) >= 11 is 1.19. The lowest BCUT2D eigenvalue weighted by Gasteiger charge is -2.12. The zero-order valence-electron chi connectivity index (χ0n) is 15.8. The quantitative estimate of drug-likeness (QED) is 0.676. The Balaban J connectivity index is 1.71. The van der Waals surface area contributed by atoms with Crippen LogP contribution in [0.15, 0.2) is 20.7 Å². The second kappa shape index (κ2) is 5.97. The molecule has 0 spiro atoms. The first kappa shape index (κ1) is 18.5. The predicted molar refractivity (Wildman–Crippen MR) is 103 cm³/mol. The standard InChI is InChI=1S/C18H19F2N5O3S/c1-8-3-11(8)25-14(26)13-9(2)12(6-24-16(27)21-7-22-24)29-15(13)23(17(25)28)5-10-4-18(10,19)20/h7-8,10-11H,3-6H2,1-2H3,(H,21,22,27)/t8-,10?,11?/m0/s1. The number of thiophene rings is 1. The molecule has 0 saturated heterocycles. The van der Waals surface area contributed by atoms with Crippen molar-refractivity contribution in [1.29, 1.82) is 0 Å². The average molecular weight is 423 g/mol. The molecule has 3 aromatic rings. The molecule has 1 N–H and O–H groups in total. The largest absolute Gasteiger partial charge is 0.343 e. The predicted octanol–water partition coefficient (Wildman–Crippen LogP) is 1.70. The van der Waals surface area contributed by atoms with Gasteiger partial charge < -0.3 is 0 Å². The van der Waals surface area contributed by atoms with E-state index in [2.05, 4.69) is 10.1 Å². The molecule has 3 aromatic heterocycles. The van der Waals surface area contributed by atoms with Gasteiger partial charge in [-0.3, -0.25) is 18.9 Å². The van der Waals surface area contributed by atoms with Crippen LogP contribution in [-0.4, -0.2) is 29.8 Å². The third-order valence-electron chi connectivity index (χ3n) is 6.01. The number of hydrogen-bond acceptors (Lipinski definition) is 5. The summed E-state index contributed by atoms with van der Waals surface area (Å²) in [5.74, 6) is -3.46. The number of aromatic amines is 1. The van der Waals surface area contributed by atoms with Crippen LogP contribution in [0.2, 0.25) is 0 Å². The number of nitrogens with zero attached hydrogens (tertiary/aromatic N) is 4. The van der Waals surface area contributed by atoms with Crippen molar-refractivity contribution in [3.05, 3.63) is 48.1 Å². The third-order valence-corrected chi connectivity index (χ3v) is 7.31. The lowest BCUT2D eigenvalue weighted by molar-refractivity contribution is 0.0950. The van der Waals surface area contributed by atoms with E-state index in [1.54, 1.807) is 6.92 Å². The summed E-state index contributed by atoms with van der Waals surface area (Å²) in [6.45, 7) is 3.73. The number of aryl methyl sites for hydroxylation is 1. The molecular formula is C18H19F2N5O3S. The second-order valence-electron chi connectivity index (χ2n) is 8.09. The van der Waals surface area contributed by atoms with Gasteiger partial charge in [0.25, 0.3) is 11.5 Å². The van der Waals surface area contributed by atoms with Gasteiger partial charge in [0.15, 0.2) is 0 Å². The third kappa shape index (κ3) is 2.82. The molecule has 2 aliphatic rings. The fraction of sp³-hybridized carbons (Fsp3) is 0.556. The summed E-state index contributed by atoms with van der Waals surface area (Å²) in [4.78, 5) is 41.6. The van der Waals surface area contributed by atoms with Crippen LogP contribution in [0, 0.1) is 18.8 Å². The Hall–Kier alpha value is -2.56. The van der Waals surface area contributed by atoms with Gasteiger partial charge >= 0.3 is 11.4 Å². The molecule has 154 valence electrons. The van der Waals surface area contributed by atoms with Crippen molar-refractivity contribution in [2.45, 2.75) is 51.7 Å². The van der Waals surface area contributed by atoms with Crippen molar-refractivity contribution in [3.63, 3.8) is 0 Å². The van der Waals surface area contributed by atoms with E-state index in [4.69, 9.17) is 0 Å². The Kier molecular flexibility index (Phi) is 3.80. The first-order chi connectivity index (χ1) is 13.7. The first-order valence-corrected chi connectivity index (χ1v) is 10.3. The van der Waals surface area contributed by atoms with Crippen molar-refractivity contribution in [2.24, 2.45) is 11.8 Å². The van der Waals surface area contributed by atoms with Crippen LogP contribution in [0.3, 0.4) is 0 Å². The number of hydrogen-bond donors (Lipinski definition) is 1. The van der Waals surface area contributed by atoms with Crippen molar-refractivity contribution < 1.29 is 8.78 Å². The molecule has 5 rings (SSSR count). The molecule has 0 radical (unpaired) electrons. The monoisotopic (exact) mass is 423 g/mol. The maximum Gasteiger partial charge on any atom is 0.343 e. The van der Waals surface area contributed by atoms with Crippen LogP contribution in [0.4, 0.5) is 8.78 Å². The maximum atomic E-state index is 13.6. The molecule has 0 bridgehead atoms. The molecule has 3 heterocycles. The van der Waals surface area contributed by atoms with Crippen molar-refractivity contribution in [1.82, 2.24) is 23.9 Å². The number of aromatic nitrogens is 5. The number of halogens is 2. The molecule has 0 aromatic carbocycles. The minimum Gasteiger partial charge on any atom is -0.295 e. The van der Waals surface area contributed by atoms with Gasteiger partial charge in [-0.1, -0.05) is 6.92 Å². The van der Waals surface area contributed by atoms with E-state index in [9.17, 15) is 23.2 Å². The van der Waals surface area contributed by atoms with E-state index < -0.39 is 17.5 Å². The molecule has 0 aliphatic heterocycles. The molecule has 3 atom stereocenters. The lowest BCUT2D eigenvalue weighted by Crippen LogP contribution is -2.40. The van der Waals surface area contributed by atoms with Crippen LogP contribution in [0.5, 0.6) is 0 Å². The minimum absolute atomic E-state index is 0.120. The Morgan fingerprint density at radius 1 is 1.34 bits per heavy atom. The SMILES string of the molecule is Cc1c(Cn2nc[nH]c2=O)sc2c1c(=O)n(C1C[C@@H]1C)c(=O)n2CC1CC1(F)F. The molecule has 2 fully saturated rings. The highest BCUT2D eigenvalue weighted by Crippen LogP contribution is 2.50. The van der Waals surface area contributed by atoms with E-state index in [1.165, 1.54) is 31.5 Å². The summed E-state index contributed by atoms with van der Waals surface area (Å²) < 4.78 is 30.9. The van der Waals surface area contributed by atoms with Gasteiger partial charge in [-0.25, -0.2) is 23.1 Å². The van der Waals surface area contributed by atoms with Gasteiger partial charge in [0.1, 0.15) is 11.2 Å². The van der Waals surface area contributed by atoms with E-state index in [0.717, 1.165) is 6.42 Å². The smallest absolute Gasteiger partial charge is 0.295 e. The van der Waals surface area contributed by atoms with Crippen LogP contribution >= 0.6 is 11.3 Å². The van der Waals surface area contributed by atoms with Gasteiger partial charge in [0.2, 0.25) is 0 Å². The maximum absolute atomic E-state index is 13.6. The molecule has 2 saturated carbocycles. The minimum atomic E-state index is -2.77.